The number of rotatable bonds is 9. The molecule has 1 heterocycles. The summed E-state index contributed by atoms with van der Waals surface area (Å²) in [6, 6.07) is 2.16. The fourth-order valence-electron chi connectivity index (χ4n) is 3.38. The molecule has 9 heteroatoms. The lowest BCUT2D eigenvalue weighted by atomic mass is 10.1. The van der Waals surface area contributed by atoms with E-state index in [1.54, 1.807) is 14.0 Å². The minimum Gasteiger partial charge on any atom is -0.490 e. The summed E-state index contributed by atoms with van der Waals surface area (Å²) in [5, 5.41) is 7.03. The molecule has 172 valence electrons. The lowest BCUT2D eigenvalue weighted by Crippen LogP contribution is -2.38. The van der Waals surface area contributed by atoms with E-state index in [0.717, 1.165) is 17.2 Å². The Balaban J connectivity index is 2.60. The summed E-state index contributed by atoms with van der Waals surface area (Å²) in [5.74, 6) is -0.173. The number of nitrogens with two attached hydrogens (primary N) is 1. The quantitative estimate of drug-likeness (QED) is 0.630. The Morgan fingerprint density at radius 1 is 1.23 bits per heavy atom. The summed E-state index contributed by atoms with van der Waals surface area (Å²) >= 11 is 0. The van der Waals surface area contributed by atoms with Gasteiger partial charge in [-0.2, -0.15) is 4.68 Å². The molecular formula is C22H34FN5O3. The molecular weight excluding hydrogens is 401 g/mol. The molecule has 0 fully saturated rings. The smallest absolute Gasteiger partial charge is 0.350 e. The van der Waals surface area contributed by atoms with Crippen molar-refractivity contribution in [3.63, 3.8) is 0 Å². The van der Waals surface area contributed by atoms with Gasteiger partial charge in [-0.1, -0.05) is 27.7 Å². The van der Waals surface area contributed by atoms with Crippen LogP contribution in [0.3, 0.4) is 0 Å². The number of halogens is 1. The van der Waals surface area contributed by atoms with E-state index in [1.807, 2.05) is 20.8 Å². The zero-order valence-corrected chi connectivity index (χ0v) is 19.4. The third-order valence-electron chi connectivity index (χ3n) is 4.91. The van der Waals surface area contributed by atoms with E-state index in [-0.39, 0.29) is 41.6 Å². The van der Waals surface area contributed by atoms with Crippen LogP contribution in [0.25, 0.3) is 5.69 Å². The van der Waals surface area contributed by atoms with Crippen molar-refractivity contribution in [1.29, 1.82) is 0 Å². The highest BCUT2D eigenvalue weighted by Gasteiger charge is 2.23. The van der Waals surface area contributed by atoms with Crippen LogP contribution in [0, 0.1) is 11.7 Å². The summed E-state index contributed by atoms with van der Waals surface area (Å²) in [4.78, 5) is 25.4. The van der Waals surface area contributed by atoms with E-state index in [0.29, 0.717) is 11.7 Å². The van der Waals surface area contributed by atoms with Gasteiger partial charge in [0.05, 0.1) is 11.7 Å². The van der Waals surface area contributed by atoms with Crippen molar-refractivity contribution >= 4 is 5.91 Å². The van der Waals surface area contributed by atoms with Gasteiger partial charge in [-0.05, 0) is 32.3 Å². The van der Waals surface area contributed by atoms with Crippen LogP contribution in [-0.2, 0) is 7.05 Å². The average Bonchev–Trinajstić information content (AvgIpc) is 2.97. The minimum absolute atomic E-state index is 0.0217. The highest BCUT2D eigenvalue weighted by Crippen LogP contribution is 2.27. The third kappa shape index (κ3) is 5.72. The van der Waals surface area contributed by atoms with Crippen LogP contribution in [0.5, 0.6) is 5.75 Å². The average molecular weight is 436 g/mol. The molecule has 0 saturated carbocycles. The molecule has 2 rings (SSSR count). The first-order chi connectivity index (χ1) is 14.5. The number of nitrogens with zero attached hydrogens (tertiary/aromatic N) is 3. The predicted molar refractivity (Wildman–Crippen MR) is 118 cm³/mol. The van der Waals surface area contributed by atoms with Crippen molar-refractivity contribution in [3.05, 3.63) is 39.8 Å². The molecule has 0 saturated heterocycles. The first-order valence-corrected chi connectivity index (χ1v) is 10.6. The molecule has 2 unspecified atom stereocenters. The minimum atomic E-state index is -0.745. The molecule has 0 radical (unpaired) electrons. The van der Waals surface area contributed by atoms with Crippen LogP contribution in [0.4, 0.5) is 4.39 Å². The van der Waals surface area contributed by atoms with E-state index in [1.165, 1.54) is 10.6 Å². The van der Waals surface area contributed by atoms with Gasteiger partial charge in [0, 0.05) is 31.6 Å². The second-order valence-corrected chi connectivity index (χ2v) is 8.73. The van der Waals surface area contributed by atoms with Crippen molar-refractivity contribution in [1.82, 2.24) is 19.7 Å². The molecule has 0 aliphatic carbocycles. The Bertz CT molecular complexity index is 980. The van der Waals surface area contributed by atoms with Crippen LogP contribution in [0.2, 0.25) is 0 Å². The number of nitrogens with one attached hydrogen (secondary N) is 1. The number of aromatic nitrogens is 3. The van der Waals surface area contributed by atoms with Gasteiger partial charge >= 0.3 is 5.69 Å². The monoisotopic (exact) mass is 435 g/mol. The normalized spacial score (nSPS) is 13.5. The lowest BCUT2D eigenvalue weighted by molar-refractivity contribution is 0.0933. The number of carbonyl (C=O) groups excluding carboxylic acids is 1. The molecule has 0 aliphatic heterocycles. The van der Waals surface area contributed by atoms with E-state index in [4.69, 9.17) is 10.5 Å². The Labute approximate surface area is 182 Å². The zero-order valence-electron chi connectivity index (χ0n) is 19.4. The third-order valence-corrected chi connectivity index (χ3v) is 4.91. The van der Waals surface area contributed by atoms with Crippen LogP contribution < -0.4 is 21.5 Å². The van der Waals surface area contributed by atoms with Crippen LogP contribution in [0.15, 0.2) is 16.9 Å². The highest BCUT2D eigenvalue weighted by atomic mass is 19.1. The first kappa shape index (κ1) is 24.6. The van der Waals surface area contributed by atoms with Crippen molar-refractivity contribution in [2.24, 2.45) is 18.7 Å². The van der Waals surface area contributed by atoms with Gasteiger partial charge < -0.3 is 15.8 Å². The first-order valence-electron chi connectivity index (χ1n) is 10.6. The molecule has 1 aromatic heterocycles. The Morgan fingerprint density at radius 2 is 1.87 bits per heavy atom. The van der Waals surface area contributed by atoms with E-state index in [9.17, 15) is 9.59 Å². The SMILES string of the molecule is CC(C)CC(C)Oc1cc(-n2nc(C(C)C)n(C)c2=O)c(F)cc1C(=O)NC(C)CN. The van der Waals surface area contributed by atoms with Crippen molar-refractivity contribution in [2.75, 3.05) is 6.54 Å². The van der Waals surface area contributed by atoms with E-state index >= 15 is 4.39 Å². The second kappa shape index (κ2) is 10.1. The van der Waals surface area contributed by atoms with Gasteiger partial charge in [0.15, 0.2) is 0 Å². The number of hydrogen-bond acceptors (Lipinski definition) is 5. The molecule has 1 amide bonds. The summed E-state index contributed by atoms with van der Waals surface area (Å²) in [6.45, 7) is 11.8. The van der Waals surface area contributed by atoms with Gasteiger partial charge in [0.25, 0.3) is 5.91 Å². The molecule has 31 heavy (non-hydrogen) atoms. The van der Waals surface area contributed by atoms with Crippen LogP contribution >= 0.6 is 0 Å². The number of ether oxygens (including phenoxy) is 1. The molecule has 2 atom stereocenters. The maximum Gasteiger partial charge on any atom is 0.350 e. The van der Waals surface area contributed by atoms with Crippen molar-refractivity contribution in [3.8, 4) is 11.4 Å². The number of amides is 1. The lowest BCUT2D eigenvalue weighted by Gasteiger charge is -2.20. The largest absolute Gasteiger partial charge is 0.490 e. The zero-order chi connectivity index (χ0) is 23.5. The summed E-state index contributed by atoms with van der Waals surface area (Å²) in [7, 11) is 1.59. The topological polar surface area (TPSA) is 104 Å². The van der Waals surface area contributed by atoms with Crippen molar-refractivity contribution in [2.45, 2.75) is 66.0 Å². The van der Waals surface area contributed by atoms with Crippen LogP contribution in [0.1, 0.15) is 70.1 Å². The fourth-order valence-corrected chi connectivity index (χ4v) is 3.38. The van der Waals surface area contributed by atoms with Gasteiger partial charge in [-0.3, -0.25) is 9.36 Å². The fraction of sp³-hybridized carbons (Fsp3) is 0.591. The molecule has 8 nitrogen and oxygen atoms in total. The molecule has 3 N–H and O–H groups in total. The number of benzene rings is 1. The molecule has 0 spiro atoms. The Kier molecular flexibility index (Phi) is 8.00. The standard InChI is InChI=1S/C22H34FN5O3/c1-12(2)8-15(6)31-19-10-18(28-22(30)27(7)20(26-28)13(3)4)17(23)9-16(19)21(29)25-14(5)11-24/h9-10,12-15H,8,11,24H2,1-7H3,(H,25,29). The van der Waals surface area contributed by atoms with Gasteiger partial charge in [-0.15, -0.1) is 5.10 Å². The maximum absolute atomic E-state index is 15.1. The second-order valence-electron chi connectivity index (χ2n) is 8.73. The number of carbonyl (C=O) groups is 1. The summed E-state index contributed by atoms with van der Waals surface area (Å²) in [5.41, 5.74) is 5.10. The predicted octanol–water partition coefficient (Wildman–Crippen LogP) is 2.72. The molecule has 1 aromatic carbocycles. The molecule has 2 aromatic rings. The van der Waals surface area contributed by atoms with Crippen LogP contribution in [-0.4, -0.2) is 38.9 Å². The van der Waals surface area contributed by atoms with Gasteiger partial charge in [0.2, 0.25) is 0 Å². The molecule has 0 aliphatic rings. The van der Waals surface area contributed by atoms with E-state index in [2.05, 4.69) is 24.3 Å². The highest BCUT2D eigenvalue weighted by molar-refractivity contribution is 5.97. The molecule has 0 bridgehead atoms. The van der Waals surface area contributed by atoms with E-state index < -0.39 is 17.4 Å². The Hall–Kier alpha value is -2.68. The summed E-state index contributed by atoms with van der Waals surface area (Å²) in [6.07, 6.45) is 0.525. The Morgan fingerprint density at radius 3 is 2.39 bits per heavy atom. The van der Waals surface area contributed by atoms with Crippen molar-refractivity contribution < 1.29 is 13.9 Å². The number of hydrogen-bond donors (Lipinski definition) is 2. The maximum atomic E-state index is 15.1. The van der Waals surface area contributed by atoms with Gasteiger partial charge in [0.1, 0.15) is 23.1 Å². The summed E-state index contributed by atoms with van der Waals surface area (Å²) < 4.78 is 23.5. The van der Waals surface area contributed by atoms with Gasteiger partial charge in [-0.25, -0.2) is 9.18 Å².